The first kappa shape index (κ1) is 12.9. The van der Waals surface area contributed by atoms with Gasteiger partial charge in [0.05, 0.1) is 6.20 Å². The van der Waals surface area contributed by atoms with Crippen molar-refractivity contribution in [1.82, 2.24) is 14.5 Å². The second-order valence-electron chi connectivity index (χ2n) is 3.97. The van der Waals surface area contributed by atoms with Crippen LogP contribution in [0.3, 0.4) is 0 Å². The minimum atomic E-state index is -3.50. The van der Waals surface area contributed by atoms with E-state index in [0.717, 1.165) is 17.9 Å². The third-order valence-corrected chi connectivity index (χ3v) is 6.03. The molecule has 0 amide bonds. The molecule has 0 bridgehead atoms. The zero-order valence-electron chi connectivity index (χ0n) is 9.59. The minimum absolute atomic E-state index is 0.0684. The molecule has 1 unspecified atom stereocenters. The maximum Gasteiger partial charge on any atom is 0.260 e. The van der Waals surface area contributed by atoms with Crippen LogP contribution in [0.5, 0.6) is 0 Å². The Hall–Kier alpha value is -0.570. The average Bonchev–Trinajstić information content (AvgIpc) is 2.98. The fraction of sp³-hybridized carbons (Fsp3) is 0.667. The summed E-state index contributed by atoms with van der Waals surface area (Å²) < 4.78 is 26.1. The van der Waals surface area contributed by atoms with Crippen molar-refractivity contribution >= 4 is 21.8 Å². The average molecular weight is 276 g/mol. The first-order valence-corrected chi connectivity index (χ1v) is 7.95. The summed E-state index contributed by atoms with van der Waals surface area (Å²) >= 11 is 1.78. The van der Waals surface area contributed by atoms with Crippen molar-refractivity contribution in [2.45, 2.75) is 24.0 Å². The summed E-state index contributed by atoms with van der Waals surface area (Å²) in [6.07, 6.45) is 2.36. The van der Waals surface area contributed by atoms with E-state index in [2.05, 4.69) is 10.2 Å². The quantitative estimate of drug-likeness (QED) is 0.807. The Morgan fingerprint density at radius 3 is 3.06 bits per heavy atom. The van der Waals surface area contributed by atoms with Crippen LogP contribution in [0.1, 0.15) is 12.0 Å². The second kappa shape index (κ2) is 4.97. The highest BCUT2D eigenvalue weighted by Gasteiger charge is 2.32. The van der Waals surface area contributed by atoms with Gasteiger partial charge in [-0.05, 0) is 12.2 Å². The molecule has 1 aromatic heterocycles. The lowest BCUT2D eigenvalue weighted by molar-refractivity contribution is 0.392. The maximum atomic E-state index is 12.3. The van der Waals surface area contributed by atoms with Crippen molar-refractivity contribution in [1.29, 1.82) is 0 Å². The minimum Gasteiger partial charge on any atom is -0.326 e. The smallest absolute Gasteiger partial charge is 0.260 e. The summed E-state index contributed by atoms with van der Waals surface area (Å²) in [5.41, 5.74) is 6.03. The number of aromatic nitrogens is 2. The highest BCUT2D eigenvalue weighted by molar-refractivity contribution is 7.99. The van der Waals surface area contributed by atoms with Crippen molar-refractivity contribution in [3.05, 3.63) is 11.8 Å². The predicted molar refractivity (Wildman–Crippen MR) is 67.2 cm³/mol. The third-order valence-electron chi connectivity index (χ3n) is 2.95. The van der Waals surface area contributed by atoms with Crippen LogP contribution in [0.4, 0.5) is 0 Å². The molecule has 1 aliphatic rings. The molecule has 3 N–H and O–H groups in total. The number of sulfonamides is 1. The van der Waals surface area contributed by atoms with Crippen LogP contribution in [0.25, 0.3) is 0 Å². The van der Waals surface area contributed by atoms with Gasteiger partial charge in [-0.3, -0.25) is 5.10 Å². The lowest BCUT2D eigenvalue weighted by atomic mass is 10.3. The predicted octanol–water partition coefficient (Wildman–Crippen LogP) is -0.00560. The molecule has 0 spiro atoms. The summed E-state index contributed by atoms with van der Waals surface area (Å²) in [4.78, 5) is 0. The van der Waals surface area contributed by atoms with Gasteiger partial charge in [0, 0.05) is 31.0 Å². The van der Waals surface area contributed by atoms with E-state index >= 15 is 0 Å². The van der Waals surface area contributed by atoms with E-state index in [1.54, 1.807) is 18.8 Å². The second-order valence-corrected chi connectivity index (χ2v) is 7.05. The number of hydrogen-bond donors (Lipinski definition) is 2. The summed E-state index contributed by atoms with van der Waals surface area (Å²) in [7, 11) is -1.88. The largest absolute Gasteiger partial charge is 0.326 e. The van der Waals surface area contributed by atoms with Crippen molar-refractivity contribution in [3.63, 3.8) is 0 Å². The van der Waals surface area contributed by atoms with E-state index < -0.39 is 10.0 Å². The van der Waals surface area contributed by atoms with E-state index in [9.17, 15) is 8.42 Å². The maximum absolute atomic E-state index is 12.3. The number of hydrogen-bond acceptors (Lipinski definition) is 5. The SMILES string of the molecule is CN(C1CCSC1)S(=O)(=O)c1[nH]ncc1CN. The lowest BCUT2D eigenvalue weighted by Gasteiger charge is -2.22. The van der Waals surface area contributed by atoms with Crippen LogP contribution in [0.2, 0.25) is 0 Å². The van der Waals surface area contributed by atoms with Gasteiger partial charge in [0.1, 0.15) is 0 Å². The Labute approximate surface area is 105 Å². The van der Waals surface area contributed by atoms with Crippen molar-refractivity contribution in [2.75, 3.05) is 18.6 Å². The molecule has 1 aromatic rings. The number of rotatable bonds is 4. The number of nitrogens with two attached hydrogens (primary N) is 1. The number of nitrogens with zero attached hydrogens (tertiary/aromatic N) is 2. The molecule has 0 radical (unpaired) electrons. The summed E-state index contributed by atoms with van der Waals surface area (Å²) in [6, 6.07) is 0.0684. The zero-order valence-corrected chi connectivity index (χ0v) is 11.2. The van der Waals surface area contributed by atoms with Crippen molar-refractivity contribution < 1.29 is 8.42 Å². The van der Waals surface area contributed by atoms with E-state index in [1.807, 2.05) is 0 Å². The fourth-order valence-corrected chi connectivity index (χ4v) is 4.68. The van der Waals surface area contributed by atoms with E-state index in [1.165, 1.54) is 10.5 Å². The normalized spacial score (nSPS) is 21.2. The van der Waals surface area contributed by atoms with Crippen LogP contribution in [0.15, 0.2) is 11.2 Å². The van der Waals surface area contributed by atoms with Gasteiger partial charge in [-0.1, -0.05) is 0 Å². The molecule has 0 saturated carbocycles. The molecule has 2 rings (SSSR count). The molecule has 8 heteroatoms. The van der Waals surface area contributed by atoms with Crippen molar-refractivity contribution in [2.24, 2.45) is 5.73 Å². The van der Waals surface area contributed by atoms with Crippen LogP contribution in [-0.2, 0) is 16.6 Å². The molecular weight excluding hydrogens is 260 g/mol. The topological polar surface area (TPSA) is 92.1 Å². The number of nitrogens with one attached hydrogen (secondary N) is 1. The Bertz CT molecular complexity index is 479. The molecule has 17 heavy (non-hydrogen) atoms. The van der Waals surface area contributed by atoms with Crippen LogP contribution >= 0.6 is 11.8 Å². The number of H-pyrrole nitrogens is 1. The molecule has 2 heterocycles. The van der Waals surface area contributed by atoms with E-state index in [-0.39, 0.29) is 17.6 Å². The van der Waals surface area contributed by atoms with Crippen molar-refractivity contribution in [3.8, 4) is 0 Å². The number of aromatic amines is 1. The monoisotopic (exact) mass is 276 g/mol. The van der Waals surface area contributed by atoms with Gasteiger partial charge in [-0.15, -0.1) is 0 Å². The zero-order chi connectivity index (χ0) is 12.5. The third kappa shape index (κ3) is 2.35. The summed E-state index contributed by atoms with van der Waals surface area (Å²) in [6.45, 7) is 0.165. The highest BCUT2D eigenvalue weighted by Crippen LogP contribution is 2.26. The van der Waals surface area contributed by atoms with Crippen LogP contribution < -0.4 is 5.73 Å². The van der Waals surface area contributed by atoms with Crippen LogP contribution in [-0.4, -0.2) is 47.5 Å². The van der Waals surface area contributed by atoms with Gasteiger partial charge in [-0.2, -0.15) is 21.2 Å². The Balaban J connectivity index is 2.29. The highest BCUT2D eigenvalue weighted by atomic mass is 32.2. The van der Waals surface area contributed by atoms with Gasteiger partial charge < -0.3 is 5.73 Å². The molecular formula is C9H16N4O2S2. The van der Waals surface area contributed by atoms with Gasteiger partial charge in [0.15, 0.2) is 5.03 Å². The molecule has 1 aliphatic heterocycles. The Morgan fingerprint density at radius 1 is 1.71 bits per heavy atom. The molecule has 1 atom stereocenters. The van der Waals surface area contributed by atoms with E-state index in [4.69, 9.17) is 5.73 Å². The fourth-order valence-electron chi connectivity index (χ4n) is 1.82. The van der Waals surface area contributed by atoms with Gasteiger partial charge in [0.2, 0.25) is 0 Å². The lowest BCUT2D eigenvalue weighted by Crippen LogP contribution is -2.37. The summed E-state index contributed by atoms with van der Waals surface area (Å²) in [5.74, 6) is 1.86. The van der Waals surface area contributed by atoms with Crippen LogP contribution in [0, 0.1) is 0 Å². The molecule has 0 aromatic carbocycles. The number of thioether (sulfide) groups is 1. The molecule has 1 saturated heterocycles. The Morgan fingerprint density at radius 2 is 2.47 bits per heavy atom. The van der Waals surface area contributed by atoms with Gasteiger partial charge >= 0.3 is 0 Å². The molecule has 0 aliphatic carbocycles. The molecule has 1 fully saturated rings. The standard InChI is InChI=1S/C9H16N4O2S2/c1-13(8-2-3-16-6-8)17(14,15)9-7(4-10)5-11-12-9/h5,8H,2-4,6,10H2,1H3,(H,11,12). The van der Waals surface area contributed by atoms with Gasteiger partial charge in [0.25, 0.3) is 10.0 Å². The van der Waals surface area contributed by atoms with E-state index in [0.29, 0.717) is 5.56 Å². The first-order valence-electron chi connectivity index (χ1n) is 5.35. The molecule has 6 nitrogen and oxygen atoms in total. The molecule has 96 valence electrons. The first-order chi connectivity index (χ1) is 8.07. The van der Waals surface area contributed by atoms with Gasteiger partial charge in [-0.25, -0.2) is 8.42 Å². The Kier molecular flexibility index (Phi) is 3.76. The summed E-state index contributed by atoms with van der Waals surface area (Å²) in [5, 5.41) is 6.41.